The number of carboxylic acids is 1. The molecule has 0 spiro atoms. The van der Waals surface area contributed by atoms with Gasteiger partial charge in [0.05, 0.1) is 0 Å². The summed E-state index contributed by atoms with van der Waals surface area (Å²) in [7, 11) is 0. The molecule has 0 aliphatic carbocycles. The van der Waals surface area contributed by atoms with Crippen LogP contribution in [0.2, 0.25) is 0 Å². The van der Waals surface area contributed by atoms with E-state index in [1.54, 1.807) is 25.1 Å². The number of carbonyl (C=O) groups is 1. The molecular weight excluding hydrogens is 276 g/mol. The Hall–Kier alpha value is -2.55. The van der Waals surface area contributed by atoms with E-state index in [0.29, 0.717) is 16.7 Å². The highest BCUT2D eigenvalue weighted by Gasteiger charge is 2.15. The average Bonchev–Trinajstić information content (AvgIpc) is 2.85. The van der Waals surface area contributed by atoms with Crippen LogP contribution >= 0.6 is 0 Å². The van der Waals surface area contributed by atoms with Gasteiger partial charge in [0.25, 0.3) is 0 Å². The lowest BCUT2D eigenvalue weighted by Gasteiger charge is -1.93. The molecule has 0 amide bonds. The van der Waals surface area contributed by atoms with Gasteiger partial charge in [-0.25, -0.2) is 4.79 Å². The van der Waals surface area contributed by atoms with Crippen molar-refractivity contribution in [2.45, 2.75) is 26.7 Å². The van der Waals surface area contributed by atoms with Gasteiger partial charge in [-0.05, 0) is 25.0 Å². The summed E-state index contributed by atoms with van der Waals surface area (Å²) in [5.41, 5.74) is 2.33. The number of rotatable bonds is 3. The van der Waals surface area contributed by atoms with Crippen molar-refractivity contribution in [1.82, 2.24) is 0 Å². The predicted molar refractivity (Wildman–Crippen MR) is 88.3 cm³/mol. The minimum atomic E-state index is -0.942. The van der Waals surface area contributed by atoms with E-state index in [4.69, 9.17) is 9.52 Å². The fourth-order valence-electron chi connectivity index (χ4n) is 2.37. The van der Waals surface area contributed by atoms with Crippen LogP contribution in [0.4, 0.5) is 0 Å². The summed E-state index contributed by atoms with van der Waals surface area (Å²) >= 11 is 0. The lowest BCUT2D eigenvalue weighted by Crippen LogP contribution is -1.96. The van der Waals surface area contributed by atoms with Crippen LogP contribution in [0.25, 0.3) is 11.0 Å². The maximum atomic E-state index is 10.8. The zero-order valence-electron chi connectivity index (χ0n) is 12.9. The quantitative estimate of drug-likeness (QED) is 0.733. The van der Waals surface area contributed by atoms with Gasteiger partial charge in [0.2, 0.25) is 0 Å². The molecule has 1 heterocycles. The molecule has 0 radical (unpaired) electrons. The van der Waals surface area contributed by atoms with Crippen LogP contribution in [0.1, 0.15) is 35.0 Å². The molecule has 0 fully saturated rings. The molecule has 3 nitrogen and oxygen atoms in total. The average molecular weight is 296 g/mol. The Morgan fingerprint density at radius 1 is 1.05 bits per heavy atom. The predicted octanol–water partition coefficient (Wildman–Crippen LogP) is 5.08. The van der Waals surface area contributed by atoms with E-state index in [0.717, 1.165) is 0 Å². The zero-order valence-corrected chi connectivity index (χ0v) is 12.9. The van der Waals surface area contributed by atoms with Gasteiger partial charge in [-0.3, -0.25) is 0 Å². The molecule has 0 bridgehead atoms. The molecule has 0 aliphatic heterocycles. The van der Waals surface area contributed by atoms with E-state index in [1.165, 1.54) is 18.4 Å². The van der Waals surface area contributed by atoms with Crippen molar-refractivity contribution in [3.8, 4) is 0 Å². The third kappa shape index (κ3) is 3.76. The van der Waals surface area contributed by atoms with Gasteiger partial charge in [0, 0.05) is 5.39 Å². The first-order chi connectivity index (χ1) is 10.6. The lowest BCUT2D eigenvalue weighted by molar-refractivity contribution is 0.0697. The maximum absolute atomic E-state index is 10.8. The fraction of sp³-hybridized carbons (Fsp3) is 0.211. The van der Waals surface area contributed by atoms with E-state index in [1.807, 2.05) is 6.07 Å². The summed E-state index contributed by atoms with van der Waals surface area (Å²) < 4.78 is 5.28. The van der Waals surface area contributed by atoms with Crippen LogP contribution in [0.5, 0.6) is 0 Å². The van der Waals surface area contributed by atoms with Crippen LogP contribution < -0.4 is 0 Å². The number of aryl methyl sites for hydroxylation is 2. The number of furan rings is 1. The fourth-order valence-corrected chi connectivity index (χ4v) is 2.37. The number of para-hydroxylation sites is 1. The van der Waals surface area contributed by atoms with E-state index >= 15 is 0 Å². The van der Waals surface area contributed by atoms with Gasteiger partial charge in [-0.15, -0.1) is 0 Å². The van der Waals surface area contributed by atoms with Crippen molar-refractivity contribution < 1.29 is 14.3 Å². The van der Waals surface area contributed by atoms with Crippen LogP contribution in [-0.2, 0) is 6.42 Å². The molecule has 1 aromatic heterocycles. The van der Waals surface area contributed by atoms with Crippen molar-refractivity contribution in [1.29, 1.82) is 0 Å². The number of benzene rings is 2. The highest BCUT2D eigenvalue weighted by Crippen LogP contribution is 2.24. The number of carboxylic acid groups (broad SMARTS) is 1. The van der Waals surface area contributed by atoms with Crippen molar-refractivity contribution in [3.05, 3.63) is 71.5 Å². The topological polar surface area (TPSA) is 50.4 Å². The van der Waals surface area contributed by atoms with Gasteiger partial charge < -0.3 is 9.52 Å². The standard InChI is InChI=1S/C10H8O3.C9H12/c1-6-9(10(11)12)7-4-2-3-5-8(7)13-6;1-2-6-9-7-4-3-5-8-9/h2-5H,1H3,(H,11,12);3-5,7-8H,2,6H2,1H3. The summed E-state index contributed by atoms with van der Waals surface area (Å²) in [5.74, 6) is -0.490. The number of hydrogen-bond acceptors (Lipinski definition) is 2. The second kappa shape index (κ2) is 7.46. The molecule has 3 rings (SSSR count). The van der Waals surface area contributed by atoms with Crippen molar-refractivity contribution >= 4 is 16.9 Å². The first kappa shape index (κ1) is 15.8. The van der Waals surface area contributed by atoms with Crippen molar-refractivity contribution in [2.75, 3.05) is 0 Å². The molecule has 0 unspecified atom stereocenters. The molecule has 1 N–H and O–H groups in total. The monoisotopic (exact) mass is 296 g/mol. The Kier molecular flexibility index (Phi) is 5.37. The first-order valence-corrected chi connectivity index (χ1v) is 7.38. The molecule has 0 saturated carbocycles. The third-order valence-corrected chi connectivity index (χ3v) is 3.37. The summed E-state index contributed by atoms with van der Waals surface area (Å²) in [4.78, 5) is 10.8. The van der Waals surface area contributed by atoms with Crippen LogP contribution in [0.15, 0.2) is 59.0 Å². The van der Waals surface area contributed by atoms with Crippen LogP contribution in [0, 0.1) is 6.92 Å². The molecule has 114 valence electrons. The molecular formula is C19H20O3. The maximum Gasteiger partial charge on any atom is 0.339 e. The molecule has 0 atom stereocenters. The SMILES string of the molecule is CCCc1ccccc1.Cc1oc2ccccc2c1C(=O)O. The molecule has 2 aromatic carbocycles. The lowest BCUT2D eigenvalue weighted by atomic mass is 10.1. The molecule has 0 saturated heterocycles. The largest absolute Gasteiger partial charge is 0.478 e. The van der Waals surface area contributed by atoms with E-state index in [-0.39, 0.29) is 5.56 Å². The van der Waals surface area contributed by atoms with Gasteiger partial charge in [-0.1, -0.05) is 61.9 Å². The van der Waals surface area contributed by atoms with E-state index < -0.39 is 5.97 Å². The van der Waals surface area contributed by atoms with E-state index in [9.17, 15) is 4.79 Å². The summed E-state index contributed by atoms with van der Waals surface area (Å²) in [6, 6.07) is 17.7. The number of fused-ring (bicyclic) bond motifs is 1. The van der Waals surface area contributed by atoms with Crippen LogP contribution in [0.3, 0.4) is 0 Å². The minimum Gasteiger partial charge on any atom is -0.478 e. The first-order valence-electron chi connectivity index (χ1n) is 7.38. The second-order valence-corrected chi connectivity index (χ2v) is 5.07. The zero-order chi connectivity index (χ0) is 15.9. The molecule has 22 heavy (non-hydrogen) atoms. The number of hydrogen-bond donors (Lipinski definition) is 1. The van der Waals surface area contributed by atoms with Gasteiger partial charge in [0.1, 0.15) is 16.9 Å². The Labute approximate surface area is 130 Å². The summed E-state index contributed by atoms with van der Waals surface area (Å²) in [5, 5.41) is 9.55. The summed E-state index contributed by atoms with van der Waals surface area (Å²) in [6.45, 7) is 3.86. The van der Waals surface area contributed by atoms with Gasteiger partial charge in [0.15, 0.2) is 0 Å². The van der Waals surface area contributed by atoms with Crippen molar-refractivity contribution in [2.24, 2.45) is 0 Å². The van der Waals surface area contributed by atoms with Crippen molar-refractivity contribution in [3.63, 3.8) is 0 Å². The Morgan fingerprint density at radius 2 is 1.68 bits per heavy atom. The molecule has 3 heteroatoms. The van der Waals surface area contributed by atoms with Gasteiger partial charge >= 0.3 is 5.97 Å². The van der Waals surface area contributed by atoms with Crippen LogP contribution in [-0.4, -0.2) is 11.1 Å². The number of aromatic carboxylic acids is 1. The Bertz CT molecular complexity index is 742. The highest BCUT2D eigenvalue weighted by atomic mass is 16.4. The Balaban J connectivity index is 0.000000172. The summed E-state index contributed by atoms with van der Waals surface area (Å²) in [6.07, 6.45) is 2.45. The molecule has 0 aliphatic rings. The highest BCUT2D eigenvalue weighted by molar-refractivity contribution is 6.03. The van der Waals surface area contributed by atoms with Gasteiger partial charge in [-0.2, -0.15) is 0 Å². The normalized spacial score (nSPS) is 10.1. The van der Waals surface area contributed by atoms with E-state index in [2.05, 4.69) is 37.3 Å². The Morgan fingerprint density at radius 3 is 2.32 bits per heavy atom. The molecule has 3 aromatic rings. The second-order valence-electron chi connectivity index (χ2n) is 5.07. The minimum absolute atomic E-state index is 0.260. The third-order valence-electron chi connectivity index (χ3n) is 3.37. The smallest absolute Gasteiger partial charge is 0.339 e.